The van der Waals surface area contributed by atoms with Crippen LogP contribution in [-0.4, -0.2) is 66.0 Å². The molecule has 1 aliphatic heterocycles. The summed E-state index contributed by atoms with van der Waals surface area (Å²) in [6.07, 6.45) is 2.77. The number of hydrogen-bond acceptors (Lipinski definition) is 5. The van der Waals surface area contributed by atoms with Crippen molar-refractivity contribution < 1.29 is 28.2 Å². The van der Waals surface area contributed by atoms with Crippen LogP contribution in [0, 0.1) is 0 Å². The lowest BCUT2D eigenvalue weighted by Gasteiger charge is -2.46. The van der Waals surface area contributed by atoms with Crippen LogP contribution in [0.15, 0.2) is 24.3 Å². The zero-order chi connectivity index (χ0) is 23.3. The Labute approximate surface area is 196 Å². The number of alkyl halides is 1. The monoisotopic (exact) mass is 464 g/mol. The number of quaternary nitrogens is 1. The van der Waals surface area contributed by atoms with E-state index in [0.717, 1.165) is 53.9 Å². The van der Waals surface area contributed by atoms with Crippen molar-refractivity contribution in [3.05, 3.63) is 41.0 Å². The fourth-order valence-corrected chi connectivity index (χ4v) is 4.95. The van der Waals surface area contributed by atoms with Crippen LogP contribution in [0.2, 0.25) is 0 Å². The molecule has 32 heavy (non-hydrogen) atoms. The highest BCUT2D eigenvalue weighted by Crippen LogP contribution is 2.44. The van der Waals surface area contributed by atoms with Gasteiger partial charge in [-0.2, -0.15) is 0 Å². The van der Waals surface area contributed by atoms with Gasteiger partial charge < -0.3 is 28.2 Å². The predicted octanol–water partition coefficient (Wildman–Crippen LogP) is 4.65. The van der Waals surface area contributed by atoms with E-state index < -0.39 is 0 Å². The van der Waals surface area contributed by atoms with E-state index in [0.29, 0.717) is 23.1 Å². The lowest BCUT2D eigenvalue weighted by molar-refractivity contribution is -0.941. The van der Waals surface area contributed by atoms with E-state index in [4.69, 9.17) is 35.3 Å². The maximum Gasteiger partial charge on any atom is 0.203 e. The first-order chi connectivity index (χ1) is 15.4. The minimum atomic E-state index is 0.226. The van der Waals surface area contributed by atoms with Gasteiger partial charge in [0.25, 0.3) is 0 Å². The summed E-state index contributed by atoms with van der Waals surface area (Å²) in [5, 5.41) is 0. The van der Waals surface area contributed by atoms with Gasteiger partial charge in [0.05, 0.1) is 55.7 Å². The van der Waals surface area contributed by atoms with Crippen LogP contribution in [-0.2, 0) is 12.8 Å². The molecule has 2 aromatic carbocycles. The molecular weight excluding hydrogens is 430 g/mol. The number of benzene rings is 2. The Morgan fingerprint density at radius 3 is 1.97 bits per heavy atom. The highest BCUT2D eigenvalue weighted by Gasteiger charge is 2.39. The summed E-state index contributed by atoms with van der Waals surface area (Å²) >= 11 is 6.10. The largest absolute Gasteiger partial charge is 0.493 e. The molecule has 0 amide bonds. The molecule has 0 radical (unpaired) electrons. The van der Waals surface area contributed by atoms with Crippen LogP contribution in [0.1, 0.15) is 29.2 Å². The number of ether oxygens (including phenoxy) is 5. The average Bonchev–Trinajstić information content (AvgIpc) is 2.83. The Balaban J connectivity index is 2.10. The summed E-state index contributed by atoms with van der Waals surface area (Å²) in [5.41, 5.74) is 3.73. The van der Waals surface area contributed by atoms with Crippen LogP contribution in [0.4, 0.5) is 0 Å². The molecule has 1 aliphatic rings. The molecule has 0 aromatic heterocycles. The predicted molar refractivity (Wildman–Crippen MR) is 127 cm³/mol. The first-order valence-electron chi connectivity index (χ1n) is 10.9. The molecule has 2 atom stereocenters. The standard InChI is InChI=1S/C25H35ClNO5/c1-27(10-7-9-26)11-8-18-15-21(28-2)22(29-3)16-19(18)20(27)12-17-13-23(30-4)25(32-6)24(14-17)31-5/h13-16,20H,7-12H2,1-6H3/q+1/t20-,27-/m1/s1. The first-order valence-corrected chi connectivity index (χ1v) is 11.4. The number of methoxy groups -OCH3 is 5. The van der Waals surface area contributed by atoms with Gasteiger partial charge >= 0.3 is 0 Å². The highest BCUT2D eigenvalue weighted by atomic mass is 35.5. The molecular formula is C25H35ClNO5+. The van der Waals surface area contributed by atoms with Gasteiger partial charge in [0.2, 0.25) is 5.75 Å². The molecule has 0 fully saturated rings. The Hall–Kier alpha value is -2.31. The summed E-state index contributed by atoms with van der Waals surface area (Å²) in [6.45, 7) is 2.04. The van der Waals surface area contributed by atoms with Crippen molar-refractivity contribution in [2.24, 2.45) is 0 Å². The fraction of sp³-hybridized carbons (Fsp3) is 0.520. The van der Waals surface area contributed by atoms with Crippen LogP contribution >= 0.6 is 11.6 Å². The fourth-order valence-electron chi connectivity index (χ4n) is 4.83. The van der Waals surface area contributed by atoms with Crippen LogP contribution in [0.5, 0.6) is 28.7 Å². The quantitative estimate of drug-likeness (QED) is 0.378. The van der Waals surface area contributed by atoms with Crippen molar-refractivity contribution in [3.8, 4) is 28.7 Å². The van der Waals surface area contributed by atoms with E-state index in [1.165, 1.54) is 11.1 Å². The second-order valence-electron chi connectivity index (χ2n) is 8.38. The highest BCUT2D eigenvalue weighted by molar-refractivity contribution is 6.17. The van der Waals surface area contributed by atoms with E-state index in [-0.39, 0.29) is 6.04 Å². The van der Waals surface area contributed by atoms with Gasteiger partial charge in [-0.1, -0.05) is 0 Å². The van der Waals surface area contributed by atoms with Gasteiger partial charge in [-0.3, -0.25) is 0 Å². The van der Waals surface area contributed by atoms with Crippen molar-refractivity contribution in [2.75, 3.05) is 61.6 Å². The van der Waals surface area contributed by atoms with Crippen molar-refractivity contribution >= 4 is 11.6 Å². The zero-order valence-electron chi connectivity index (χ0n) is 20.0. The van der Waals surface area contributed by atoms with Crippen molar-refractivity contribution in [3.63, 3.8) is 0 Å². The third-order valence-corrected chi connectivity index (χ3v) is 6.87. The Morgan fingerprint density at radius 1 is 0.844 bits per heavy atom. The number of fused-ring (bicyclic) bond motifs is 1. The molecule has 1 heterocycles. The lowest BCUT2D eigenvalue weighted by Crippen LogP contribution is -2.52. The molecule has 0 unspecified atom stereocenters. The second kappa shape index (κ2) is 10.5. The first kappa shape index (κ1) is 24.3. The molecule has 0 saturated heterocycles. The number of rotatable bonds is 10. The molecule has 0 aliphatic carbocycles. The molecule has 0 spiro atoms. The lowest BCUT2D eigenvalue weighted by atomic mass is 9.86. The summed E-state index contributed by atoms with van der Waals surface area (Å²) in [4.78, 5) is 0. The summed E-state index contributed by atoms with van der Waals surface area (Å²) < 4.78 is 28.8. The maximum atomic E-state index is 6.10. The molecule has 7 heteroatoms. The van der Waals surface area contributed by atoms with Gasteiger partial charge in [0, 0.05) is 30.7 Å². The minimum Gasteiger partial charge on any atom is -0.493 e. The Kier molecular flexibility index (Phi) is 8.01. The van der Waals surface area contributed by atoms with E-state index in [9.17, 15) is 0 Å². The van der Waals surface area contributed by atoms with Gasteiger partial charge in [-0.25, -0.2) is 0 Å². The molecule has 2 aromatic rings. The van der Waals surface area contributed by atoms with Gasteiger partial charge in [-0.15, -0.1) is 11.6 Å². The van der Waals surface area contributed by atoms with E-state index in [2.05, 4.69) is 19.2 Å². The van der Waals surface area contributed by atoms with Crippen molar-refractivity contribution in [2.45, 2.75) is 25.3 Å². The molecule has 176 valence electrons. The third-order valence-electron chi connectivity index (χ3n) is 6.60. The van der Waals surface area contributed by atoms with Crippen LogP contribution in [0.3, 0.4) is 0 Å². The topological polar surface area (TPSA) is 46.2 Å². The smallest absolute Gasteiger partial charge is 0.203 e. The SMILES string of the molecule is COc1cc2c(cc1OC)[C@@H](Cc1cc(OC)c(OC)c(OC)c1)[N@+](C)(CCCCl)CC2. The molecule has 0 N–H and O–H groups in total. The molecule has 6 nitrogen and oxygen atoms in total. The number of halogens is 1. The van der Waals surface area contributed by atoms with E-state index >= 15 is 0 Å². The van der Waals surface area contributed by atoms with Crippen molar-refractivity contribution in [1.29, 1.82) is 0 Å². The number of likely N-dealkylation sites (N-methyl/N-ethyl adjacent to an activating group) is 1. The summed E-state index contributed by atoms with van der Waals surface area (Å²) in [7, 11) is 10.6. The minimum absolute atomic E-state index is 0.226. The van der Waals surface area contributed by atoms with Crippen molar-refractivity contribution in [1.82, 2.24) is 0 Å². The average molecular weight is 465 g/mol. The molecule has 0 saturated carbocycles. The summed E-state index contributed by atoms with van der Waals surface area (Å²) in [5.74, 6) is 4.12. The van der Waals surface area contributed by atoms with Crippen LogP contribution < -0.4 is 23.7 Å². The number of nitrogens with zero attached hydrogens (tertiary/aromatic N) is 1. The van der Waals surface area contributed by atoms with Gasteiger partial charge in [-0.05, 0) is 35.4 Å². The summed E-state index contributed by atoms with van der Waals surface area (Å²) in [6, 6.07) is 8.59. The second-order valence-corrected chi connectivity index (χ2v) is 8.76. The molecule has 0 bridgehead atoms. The zero-order valence-corrected chi connectivity index (χ0v) is 20.8. The Morgan fingerprint density at radius 2 is 1.44 bits per heavy atom. The van der Waals surface area contributed by atoms with Gasteiger partial charge in [0.1, 0.15) is 6.04 Å². The Bertz CT molecular complexity index is 910. The van der Waals surface area contributed by atoms with Crippen LogP contribution in [0.25, 0.3) is 0 Å². The van der Waals surface area contributed by atoms with E-state index in [1.54, 1.807) is 35.5 Å². The third kappa shape index (κ3) is 4.71. The molecule has 3 rings (SSSR count). The van der Waals surface area contributed by atoms with E-state index in [1.807, 2.05) is 12.1 Å². The van der Waals surface area contributed by atoms with Gasteiger partial charge in [0.15, 0.2) is 23.0 Å². The maximum absolute atomic E-state index is 6.10. The number of hydrogen-bond donors (Lipinski definition) is 0. The normalized spacial score (nSPS) is 19.8.